The van der Waals surface area contributed by atoms with Gasteiger partial charge in [0.05, 0.1) is 18.6 Å². The first kappa shape index (κ1) is 22.2. The molecule has 1 aromatic carbocycles. The van der Waals surface area contributed by atoms with Crippen LogP contribution in [-0.4, -0.2) is 22.1 Å². The van der Waals surface area contributed by atoms with E-state index in [9.17, 15) is 9.59 Å². The zero-order valence-electron chi connectivity index (χ0n) is 14.7. The number of benzene rings is 1. The highest BCUT2D eigenvalue weighted by atomic mass is 35.5. The minimum absolute atomic E-state index is 0. The molecule has 1 heterocycles. The Morgan fingerprint density at radius 3 is 2.58 bits per heavy atom. The van der Waals surface area contributed by atoms with Gasteiger partial charge in [-0.25, -0.2) is 4.98 Å². The van der Waals surface area contributed by atoms with Crippen LogP contribution in [0.4, 0.5) is 0 Å². The van der Waals surface area contributed by atoms with E-state index in [1.165, 1.54) is 17.0 Å². The van der Waals surface area contributed by atoms with E-state index >= 15 is 0 Å². The van der Waals surface area contributed by atoms with Gasteiger partial charge in [0, 0.05) is 23.0 Å². The summed E-state index contributed by atoms with van der Waals surface area (Å²) in [5, 5.41) is 0.663. The summed E-state index contributed by atoms with van der Waals surface area (Å²) in [6.07, 6.45) is 2.01. The number of hydrogen-bond acceptors (Lipinski definition) is 5. The van der Waals surface area contributed by atoms with Crippen molar-refractivity contribution in [3.05, 3.63) is 63.3 Å². The molecular weight excluding hydrogens is 377 g/mol. The molecule has 0 spiro atoms. The molecule has 2 aromatic rings. The molecule has 0 aliphatic heterocycles. The number of nitrogens with two attached hydrogens (primary N) is 1. The van der Waals surface area contributed by atoms with Crippen LogP contribution in [0.1, 0.15) is 43.5 Å². The molecule has 0 bridgehead atoms. The summed E-state index contributed by atoms with van der Waals surface area (Å²) in [5.74, 6) is -0.465. The number of nitrogens with zero attached hydrogens (tertiary/aromatic N) is 2. The molecule has 2 atom stereocenters. The molecule has 142 valence electrons. The Morgan fingerprint density at radius 1 is 1.35 bits per heavy atom. The third-order valence-corrected chi connectivity index (χ3v) is 4.17. The quantitative estimate of drug-likeness (QED) is 0.722. The Kier molecular flexibility index (Phi) is 8.78. The maximum Gasteiger partial charge on any atom is 0.326 e. The Morgan fingerprint density at radius 2 is 2.00 bits per heavy atom. The Hall–Kier alpha value is -1.89. The number of rotatable bonds is 7. The van der Waals surface area contributed by atoms with Crippen molar-refractivity contribution in [3.63, 3.8) is 0 Å². The zero-order chi connectivity index (χ0) is 18.4. The van der Waals surface area contributed by atoms with Crippen molar-refractivity contribution in [1.82, 2.24) is 9.55 Å². The maximum absolute atomic E-state index is 12.1. The largest absolute Gasteiger partial charge is 0.465 e. The molecule has 26 heavy (non-hydrogen) atoms. The number of ether oxygens (including phenoxy) is 1. The molecule has 0 saturated heterocycles. The number of esters is 1. The fraction of sp³-hybridized carbons (Fsp3) is 0.389. The van der Waals surface area contributed by atoms with Gasteiger partial charge < -0.3 is 10.5 Å². The predicted molar refractivity (Wildman–Crippen MR) is 104 cm³/mol. The van der Waals surface area contributed by atoms with Crippen LogP contribution in [0.15, 0.2) is 41.5 Å². The lowest BCUT2D eigenvalue weighted by Crippen LogP contribution is -2.26. The number of hydrogen-bond donors (Lipinski definition) is 1. The molecule has 0 fully saturated rings. The molecule has 2 rings (SSSR count). The molecular formula is C18H23Cl2N3O3. The SMILES string of the molecule is CCOC(=O)Cn1cnc([C@H](C)C[C@H](N)c2ccc(Cl)cc2)cc1=O.Cl. The van der Waals surface area contributed by atoms with Gasteiger partial charge in [0.1, 0.15) is 6.54 Å². The molecule has 6 nitrogen and oxygen atoms in total. The molecule has 0 aliphatic carbocycles. The smallest absolute Gasteiger partial charge is 0.326 e. The molecule has 8 heteroatoms. The van der Waals surface area contributed by atoms with E-state index in [-0.39, 0.29) is 43.1 Å². The summed E-state index contributed by atoms with van der Waals surface area (Å²) in [4.78, 5) is 27.9. The van der Waals surface area contributed by atoms with Gasteiger partial charge in [-0.15, -0.1) is 12.4 Å². The van der Waals surface area contributed by atoms with Crippen molar-refractivity contribution >= 4 is 30.0 Å². The van der Waals surface area contributed by atoms with Crippen molar-refractivity contribution in [1.29, 1.82) is 0 Å². The van der Waals surface area contributed by atoms with Gasteiger partial charge in [-0.2, -0.15) is 0 Å². The van der Waals surface area contributed by atoms with Crippen LogP contribution in [0.2, 0.25) is 5.02 Å². The Balaban J connectivity index is 0.00000338. The molecule has 0 unspecified atom stereocenters. The third-order valence-electron chi connectivity index (χ3n) is 3.92. The summed E-state index contributed by atoms with van der Waals surface area (Å²) in [7, 11) is 0. The fourth-order valence-corrected chi connectivity index (χ4v) is 2.65. The minimum Gasteiger partial charge on any atom is -0.465 e. The lowest BCUT2D eigenvalue weighted by atomic mass is 9.94. The first-order valence-electron chi connectivity index (χ1n) is 8.13. The van der Waals surface area contributed by atoms with E-state index in [0.29, 0.717) is 17.1 Å². The molecule has 0 aliphatic rings. The standard InChI is InChI=1S/C18H22ClN3O3.ClH/c1-3-25-18(24)10-22-11-21-16(9-17(22)23)12(2)8-15(20)13-4-6-14(19)7-5-13;/h4-7,9,11-12,15H,3,8,10,20H2,1-2H3;1H/t12-,15+;/m1./s1. The van der Waals surface area contributed by atoms with Gasteiger partial charge in [-0.3, -0.25) is 14.2 Å². The first-order chi connectivity index (χ1) is 11.9. The molecule has 2 N–H and O–H groups in total. The minimum atomic E-state index is -0.461. The second-order valence-corrected chi connectivity index (χ2v) is 6.32. The van der Waals surface area contributed by atoms with Crippen LogP contribution in [0.3, 0.4) is 0 Å². The maximum atomic E-state index is 12.1. The van der Waals surface area contributed by atoms with Gasteiger partial charge >= 0.3 is 5.97 Å². The van der Waals surface area contributed by atoms with E-state index in [4.69, 9.17) is 22.1 Å². The monoisotopic (exact) mass is 399 g/mol. The number of carbonyl (C=O) groups excluding carboxylic acids is 1. The number of halogens is 2. The predicted octanol–water partition coefficient (Wildman–Crippen LogP) is 3.08. The lowest BCUT2D eigenvalue weighted by Gasteiger charge is -2.17. The van der Waals surface area contributed by atoms with Crippen LogP contribution in [0, 0.1) is 0 Å². The van der Waals surface area contributed by atoms with Crippen molar-refractivity contribution < 1.29 is 9.53 Å². The molecule has 0 radical (unpaired) electrons. The van der Waals surface area contributed by atoms with Crippen LogP contribution in [-0.2, 0) is 16.1 Å². The number of aromatic nitrogens is 2. The van der Waals surface area contributed by atoms with Gasteiger partial charge in [0.25, 0.3) is 5.56 Å². The van der Waals surface area contributed by atoms with E-state index in [2.05, 4.69) is 4.98 Å². The summed E-state index contributed by atoms with van der Waals surface area (Å²) in [6.45, 7) is 3.82. The normalized spacial score (nSPS) is 12.8. The summed E-state index contributed by atoms with van der Waals surface area (Å²) < 4.78 is 6.07. The van der Waals surface area contributed by atoms with Crippen LogP contribution in [0.5, 0.6) is 0 Å². The average molecular weight is 400 g/mol. The zero-order valence-corrected chi connectivity index (χ0v) is 16.3. The van der Waals surface area contributed by atoms with Crippen molar-refractivity contribution in [2.75, 3.05) is 6.61 Å². The van der Waals surface area contributed by atoms with E-state index in [1.54, 1.807) is 19.1 Å². The fourth-order valence-electron chi connectivity index (χ4n) is 2.52. The highest BCUT2D eigenvalue weighted by molar-refractivity contribution is 6.30. The van der Waals surface area contributed by atoms with Crippen LogP contribution in [0.25, 0.3) is 0 Å². The highest BCUT2D eigenvalue weighted by Gasteiger charge is 2.15. The first-order valence-corrected chi connectivity index (χ1v) is 8.51. The van der Waals surface area contributed by atoms with Gasteiger partial charge in [-0.1, -0.05) is 30.7 Å². The Bertz CT molecular complexity index is 778. The highest BCUT2D eigenvalue weighted by Crippen LogP contribution is 2.25. The van der Waals surface area contributed by atoms with E-state index < -0.39 is 5.97 Å². The van der Waals surface area contributed by atoms with Crippen molar-refractivity contribution in [2.45, 2.75) is 38.8 Å². The van der Waals surface area contributed by atoms with Gasteiger partial charge in [0.15, 0.2) is 0 Å². The van der Waals surface area contributed by atoms with Crippen molar-refractivity contribution in [2.24, 2.45) is 5.73 Å². The molecule has 1 aromatic heterocycles. The number of carbonyl (C=O) groups is 1. The van der Waals surface area contributed by atoms with Gasteiger partial charge in [0.2, 0.25) is 0 Å². The van der Waals surface area contributed by atoms with Crippen molar-refractivity contribution in [3.8, 4) is 0 Å². The molecule has 0 saturated carbocycles. The summed E-state index contributed by atoms with van der Waals surface area (Å²) in [5.41, 5.74) is 7.57. The lowest BCUT2D eigenvalue weighted by molar-refractivity contribution is -0.143. The van der Waals surface area contributed by atoms with Crippen LogP contribution >= 0.6 is 24.0 Å². The topological polar surface area (TPSA) is 87.2 Å². The second kappa shape index (κ2) is 10.3. The van der Waals surface area contributed by atoms with Crippen LogP contribution < -0.4 is 11.3 Å². The van der Waals surface area contributed by atoms with E-state index in [1.807, 2.05) is 19.1 Å². The average Bonchev–Trinajstić information content (AvgIpc) is 2.57. The van der Waals surface area contributed by atoms with Gasteiger partial charge in [-0.05, 0) is 31.0 Å². The van der Waals surface area contributed by atoms with E-state index in [0.717, 1.165) is 5.56 Å². The summed E-state index contributed by atoms with van der Waals surface area (Å²) in [6, 6.07) is 8.65. The molecule has 0 amide bonds. The Labute approximate surface area is 163 Å². The third kappa shape index (κ3) is 6.12. The second-order valence-electron chi connectivity index (χ2n) is 5.88. The summed E-state index contributed by atoms with van der Waals surface area (Å²) >= 11 is 5.89.